The zero-order chi connectivity index (χ0) is 15.0. The van der Waals surface area contributed by atoms with E-state index in [2.05, 4.69) is 24.6 Å². The Labute approximate surface area is 122 Å². The molecule has 1 fully saturated rings. The summed E-state index contributed by atoms with van der Waals surface area (Å²) >= 11 is 0. The van der Waals surface area contributed by atoms with Crippen LogP contribution in [-0.2, 0) is 0 Å². The van der Waals surface area contributed by atoms with Gasteiger partial charge in [0, 0.05) is 12.2 Å². The highest BCUT2D eigenvalue weighted by Gasteiger charge is 2.09. The van der Waals surface area contributed by atoms with E-state index in [1.54, 1.807) is 18.2 Å². The van der Waals surface area contributed by atoms with Crippen LogP contribution >= 0.6 is 0 Å². The molecule has 0 aliphatic carbocycles. The molecule has 0 amide bonds. The van der Waals surface area contributed by atoms with Gasteiger partial charge in [0.2, 0.25) is 0 Å². The van der Waals surface area contributed by atoms with E-state index in [1.165, 1.54) is 18.4 Å². The number of hydrogen-bond acceptors (Lipinski definition) is 4. The molecule has 0 unspecified atom stereocenters. The topological polar surface area (TPSA) is 81.3 Å². The quantitative estimate of drug-likeness (QED) is 0.682. The Morgan fingerprint density at radius 3 is 2.55 bits per heavy atom. The summed E-state index contributed by atoms with van der Waals surface area (Å²) in [5, 5.41) is 0. The first-order valence-corrected chi connectivity index (χ1v) is 6.92. The van der Waals surface area contributed by atoms with E-state index in [9.17, 15) is 0 Å². The van der Waals surface area contributed by atoms with Crippen molar-refractivity contribution in [2.75, 3.05) is 20.1 Å². The number of likely N-dealkylation sites (N-methyl/N-ethyl adjacent to an activating group) is 1. The summed E-state index contributed by atoms with van der Waals surface area (Å²) in [6.07, 6.45) is 12.7. The number of nitrogens with zero attached hydrogens (tertiary/aromatic N) is 1. The summed E-state index contributed by atoms with van der Waals surface area (Å²) < 4.78 is 0. The molecule has 1 aliphatic heterocycles. The van der Waals surface area contributed by atoms with Gasteiger partial charge in [-0.1, -0.05) is 30.4 Å². The van der Waals surface area contributed by atoms with Gasteiger partial charge in [-0.3, -0.25) is 0 Å². The first kappa shape index (κ1) is 16.1. The van der Waals surface area contributed by atoms with Crippen molar-refractivity contribution in [1.29, 1.82) is 0 Å². The van der Waals surface area contributed by atoms with Gasteiger partial charge in [-0.05, 0) is 50.6 Å². The number of rotatable bonds is 4. The molecule has 1 heterocycles. The summed E-state index contributed by atoms with van der Waals surface area (Å²) in [4.78, 5) is 2.34. The zero-order valence-corrected chi connectivity index (χ0v) is 12.3. The van der Waals surface area contributed by atoms with Crippen molar-refractivity contribution < 1.29 is 0 Å². The van der Waals surface area contributed by atoms with E-state index < -0.39 is 0 Å². The largest absolute Gasteiger partial charge is 0.398 e. The summed E-state index contributed by atoms with van der Waals surface area (Å²) in [5.74, 6) is 0.243. The van der Waals surface area contributed by atoms with Gasteiger partial charge in [-0.2, -0.15) is 0 Å². The van der Waals surface area contributed by atoms with Crippen molar-refractivity contribution in [2.45, 2.75) is 19.3 Å². The van der Waals surface area contributed by atoms with Crippen molar-refractivity contribution >= 4 is 0 Å². The third-order valence-corrected chi connectivity index (χ3v) is 3.21. The van der Waals surface area contributed by atoms with Crippen LogP contribution in [0, 0.1) is 0 Å². The molecule has 1 saturated heterocycles. The van der Waals surface area contributed by atoms with Crippen LogP contribution in [0.1, 0.15) is 19.3 Å². The number of likely N-dealkylation sites (tertiary alicyclic amines) is 1. The molecule has 0 atom stereocenters. The fraction of sp³-hybridized carbons (Fsp3) is 0.375. The van der Waals surface area contributed by atoms with Crippen molar-refractivity contribution in [1.82, 2.24) is 4.90 Å². The highest BCUT2D eigenvalue weighted by molar-refractivity contribution is 5.43. The van der Waals surface area contributed by atoms with Gasteiger partial charge in [-0.15, -0.1) is 0 Å². The zero-order valence-electron chi connectivity index (χ0n) is 12.3. The number of nitrogens with two attached hydrogens (primary N) is 3. The summed E-state index contributed by atoms with van der Waals surface area (Å²) in [5.41, 5.74) is 19.9. The molecule has 0 aromatic heterocycles. The van der Waals surface area contributed by atoms with E-state index in [4.69, 9.17) is 17.2 Å². The van der Waals surface area contributed by atoms with E-state index in [0.29, 0.717) is 5.70 Å². The molecule has 0 aromatic rings. The van der Waals surface area contributed by atoms with Gasteiger partial charge in [0.25, 0.3) is 0 Å². The smallest absolute Gasteiger partial charge is 0.0934 e. The Bertz CT molecular complexity index is 451. The molecule has 0 aromatic carbocycles. The Balaban J connectivity index is 2.96. The maximum atomic E-state index is 6.07. The molecular formula is C16H26N4. The lowest BCUT2D eigenvalue weighted by Crippen LogP contribution is -2.19. The van der Waals surface area contributed by atoms with Gasteiger partial charge in [0.1, 0.15) is 0 Å². The minimum Gasteiger partial charge on any atom is -0.398 e. The number of allylic oxidation sites excluding steroid dienone is 5. The molecule has 0 radical (unpaired) electrons. The molecule has 0 bridgehead atoms. The van der Waals surface area contributed by atoms with E-state index >= 15 is 0 Å². The molecule has 110 valence electrons. The van der Waals surface area contributed by atoms with Crippen molar-refractivity contribution in [3.8, 4) is 0 Å². The Morgan fingerprint density at radius 1 is 1.15 bits per heavy atom. The van der Waals surface area contributed by atoms with Gasteiger partial charge in [-0.25, -0.2) is 0 Å². The second-order valence-corrected chi connectivity index (χ2v) is 5.14. The SMILES string of the molecule is C=C/C=C(\C=C1/CCCCN(C)C1)C(/N)=C/C=C(N)N. The third-order valence-electron chi connectivity index (χ3n) is 3.21. The van der Waals surface area contributed by atoms with E-state index in [0.717, 1.165) is 25.1 Å². The second-order valence-electron chi connectivity index (χ2n) is 5.14. The molecule has 1 aliphatic rings. The minimum atomic E-state index is 0.243. The van der Waals surface area contributed by atoms with Crippen LogP contribution in [0.5, 0.6) is 0 Å². The van der Waals surface area contributed by atoms with Crippen LogP contribution in [0.4, 0.5) is 0 Å². The average Bonchev–Trinajstić information content (AvgIpc) is 2.59. The third kappa shape index (κ3) is 5.80. The molecule has 0 saturated carbocycles. The van der Waals surface area contributed by atoms with Crippen LogP contribution in [0.2, 0.25) is 0 Å². The van der Waals surface area contributed by atoms with Crippen molar-refractivity contribution in [2.24, 2.45) is 17.2 Å². The van der Waals surface area contributed by atoms with Gasteiger partial charge in [0.05, 0.1) is 5.82 Å². The minimum absolute atomic E-state index is 0.243. The van der Waals surface area contributed by atoms with Crippen LogP contribution in [0.15, 0.2) is 59.6 Å². The molecule has 4 heteroatoms. The van der Waals surface area contributed by atoms with E-state index in [1.807, 2.05) is 6.08 Å². The standard InChI is InChI=1S/C16H26N4/c1-3-6-14(15(17)8-9-16(18)19)11-13-7-4-5-10-20(2)12-13/h3,6,8-9,11H,1,4-5,7,10,12,17-19H2,2H3/b13-11+,14-6+,15-8-. The van der Waals surface area contributed by atoms with Crippen LogP contribution in [0.3, 0.4) is 0 Å². The maximum Gasteiger partial charge on any atom is 0.0934 e. The van der Waals surface area contributed by atoms with Crippen molar-refractivity contribution in [3.63, 3.8) is 0 Å². The molecule has 20 heavy (non-hydrogen) atoms. The second kappa shape index (κ2) is 8.27. The van der Waals surface area contributed by atoms with Crippen LogP contribution < -0.4 is 17.2 Å². The van der Waals surface area contributed by atoms with E-state index in [-0.39, 0.29) is 5.82 Å². The maximum absolute atomic E-state index is 6.07. The summed E-state index contributed by atoms with van der Waals surface area (Å²) in [7, 11) is 2.15. The Hall–Kier alpha value is -1.94. The highest BCUT2D eigenvalue weighted by atomic mass is 15.1. The molecule has 4 nitrogen and oxygen atoms in total. The molecule has 6 N–H and O–H groups in total. The molecule has 1 rings (SSSR count). The first-order chi connectivity index (χ1) is 9.52. The summed E-state index contributed by atoms with van der Waals surface area (Å²) in [6, 6.07) is 0. The summed E-state index contributed by atoms with van der Waals surface area (Å²) in [6.45, 7) is 5.87. The average molecular weight is 274 g/mol. The predicted molar refractivity (Wildman–Crippen MR) is 86.4 cm³/mol. The first-order valence-electron chi connectivity index (χ1n) is 6.92. The van der Waals surface area contributed by atoms with Gasteiger partial charge < -0.3 is 22.1 Å². The van der Waals surface area contributed by atoms with Crippen LogP contribution in [0.25, 0.3) is 0 Å². The van der Waals surface area contributed by atoms with Gasteiger partial charge >= 0.3 is 0 Å². The molecular weight excluding hydrogens is 248 g/mol. The lowest BCUT2D eigenvalue weighted by Gasteiger charge is -2.14. The monoisotopic (exact) mass is 274 g/mol. The lowest BCUT2D eigenvalue weighted by atomic mass is 10.0. The molecule has 0 spiro atoms. The number of hydrogen-bond donors (Lipinski definition) is 3. The Kier molecular flexibility index (Phi) is 6.67. The Morgan fingerprint density at radius 2 is 1.90 bits per heavy atom. The van der Waals surface area contributed by atoms with Crippen LogP contribution in [-0.4, -0.2) is 25.0 Å². The fourth-order valence-corrected chi connectivity index (χ4v) is 2.21. The van der Waals surface area contributed by atoms with Gasteiger partial charge in [0.15, 0.2) is 0 Å². The fourth-order valence-electron chi connectivity index (χ4n) is 2.21. The predicted octanol–water partition coefficient (Wildman–Crippen LogP) is 1.74. The normalized spacial score (nSPS) is 20.6. The highest BCUT2D eigenvalue weighted by Crippen LogP contribution is 2.18. The van der Waals surface area contributed by atoms with Crippen molar-refractivity contribution in [3.05, 3.63) is 59.6 Å². The lowest BCUT2D eigenvalue weighted by molar-refractivity contribution is 0.371.